The van der Waals surface area contributed by atoms with Crippen LogP contribution in [0.4, 0.5) is 0 Å². The molecule has 0 unspecified atom stereocenters. The Morgan fingerprint density at radius 3 is 2.47 bits per heavy atom. The van der Waals surface area contributed by atoms with Crippen LogP contribution in [0.25, 0.3) is 6.08 Å². The summed E-state index contributed by atoms with van der Waals surface area (Å²) in [6.45, 7) is 0. The maximum absolute atomic E-state index is 11.0. The number of hydrogen-bond acceptors (Lipinski definition) is 2. The number of halogens is 1. The molecule has 1 aromatic rings. The van der Waals surface area contributed by atoms with Crippen LogP contribution in [0.1, 0.15) is 5.56 Å². The molecule has 0 spiro atoms. The number of nitrogens with one attached hydrogen (secondary N) is 2. The third-order valence-electron chi connectivity index (χ3n) is 1.48. The Kier molecular flexibility index (Phi) is 5.82. The van der Waals surface area contributed by atoms with Crippen molar-refractivity contribution in [2.45, 2.75) is 0 Å². The Labute approximate surface area is 94.1 Å². The van der Waals surface area contributed by atoms with Crippen molar-refractivity contribution in [2.75, 3.05) is 0 Å². The van der Waals surface area contributed by atoms with Crippen molar-refractivity contribution in [2.24, 2.45) is 5.73 Å². The molecule has 80 valence electrons. The Balaban J connectivity index is 0.00000196. The van der Waals surface area contributed by atoms with E-state index in [2.05, 4.69) is 5.32 Å². The molecule has 0 radical (unpaired) electrons. The lowest BCUT2D eigenvalue weighted by molar-refractivity contribution is -0.115. The van der Waals surface area contributed by atoms with Crippen LogP contribution in [0.15, 0.2) is 36.4 Å². The highest BCUT2D eigenvalue weighted by Crippen LogP contribution is 2.00. The molecule has 0 saturated carbocycles. The molecule has 1 amide bonds. The quantitative estimate of drug-likeness (QED) is 0.401. The van der Waals surface area contributed by atoms with Gasteiger partial charge >= 0.3 is 0 Å². The average Bonchev–Trinajstić information content (AvgIpc) is 2.15. The van der Waals surface area contributed by atoms with Crippen molar-refractivity contribution in [3.05, 3.63) is 42.0 Å². The van der Waals surface area contributed by atoms with E-state index in [-0.39, 0.29) is 18.4 Å². The van der Waals surface area contributed by atoms with Crippen molar-refractivity contribution in [1.29, 1.82) is 5.41 Å². The summed E-state index contributed by atoms with van der Waals surface area (Å²) < 4.78 is 0. The lowest BCUT2D eigenvalue weighted by Gasteiger charge is -1.96. The first kappa shape index (κ1) is 13.2. The number of amides is 1. The van der Waals surface area contributed by atoms with Crippen LogP contribution < -0.4 is 11.1 Å². The van der Waals surface area contributed by atoms with Crippen molar-refractivity contribution in [3.63, 3.8) is 0 Å². The molecule has 0 saturated heterocycles. The summed E-state index contributed by atoms with van der Waals surface area (Å²) in [6.07, 6.45) is 2.98. The van der Waals surface area contributed by atoms with Gasteiger partial charge in [0.05, 0.1) is 0 Å². The summed E-state index contributed by atoms with van der Waals surface area (Å²) >= 11 is 0. The molecule has 0 fully saturated rings. The zero-order chi connectivity index (χ0) is 10.4. The number of rotatable bonds is 2. The second-order valence-electron chi connectivity index (χ2n) is 2.65. The Hall–Kier alpha value is -1.81. The lowest BCUT2D eigenvalue weighted by Crippen LogP contribution is -2.34. The summed E-state index contributed by atoms with van der Waals surface area (Å²) in [7, 11) is 0. The SMILES string of the molecule is Cl.N=C(N)NC(=O)C=Cc1ccccc1. The Morgan fingerprint density at radius 2 is 1.93 bits per heavy atom. The van der Waals surface area contributed by atoms with E-state index in [1.54, 1.807) is 6.08 Å². The second kappa shape index (κ2) is 6.62. The van der Waals surface area contributed by atoms with E-state index in [1.807, 2.05) is 30.3 Å². The van der Waals surface area contributed by atoms with E-state index < -0.39 is 5.91 Å². The fourth-order valence-corrected chi connectivity index (χ4v) is 0.910. The molecule has 0 bridgehead atoms. The summed E-state index contributed by atoms with van der Waals surface area (Å²) in [6, 6.07) is 9.40. The maximum atomic E-state index is 11.0. The predicted octanol–water partition coefficient (Wildman–Crippen LogP) is 1.13. The summed E-state index contributed by atoms with van der Waals surface area (Å²) in [4.78, 5) is 11.0. The normalized spacial score (nSPS) is 9.33. The van der Waals surface area contributed by atoms with Crippen LogP contribution in [0.5, 0.6) is 0 Å². The van der Waals surface area contributed by atoms with Gasteiger partial charge in [0.2, 0.25) is 0 Å². The Bertz CT molecular complexity index is 362. The van der Waals surface area contributed by atoms with Gasteiger partial charge in [-0.3, -0.25) is 15.5 Å². The van der Waals surface area contributed by atoms with Crippen LogP contribution in [-0.4, -0.2) is 11.9 Å². The number of benzene rings is 1. The molecule has 1 rings (SSSR count). The largest absolute Gasteiger partial charge is 0.370 e. The minimum absolute atomic E-state index is 0. The first-order valence-corrected chi connectivity index (χ1v) is 4.06. The minimum atomic E-state index is -0.402. The summed E-state index contributed by atoms with van der Waals surface area (Å²) in [5, 5.41) is 8.97. The molecule has 0 aliphatic carbocycles. The zero-order valence-corrected chi connectivity index (χ0v) is 8.75. The van der Waals surface area contributed by atoms with Gasteiger partial charge < -0.3 is 5.73 Å². The standard InChI is InChI=1S/C10H11N3O.ClH/c11-10(12)13-9(14)7-6-8-4-2-1-3-5-8;/h1-7H,(H4,11,12,13,14);1H. The molecule has 0 atom stereocenters. The number of carbonyl (C=O) groups excluding carboxylic acids is 1. The van der Waals surface area contributed by atoms with E-state index in [4.69, 9.17) is 11.1 Å². The number of carbonyl (C=O) groups is 1. The molecule has 4 nitrogen and oxygen atoms in total. The predicted molar refractivity (Wildman–Crippen MR) is 62.8 cm³/mol. The van der Waals surface area contributed by atoms with Gasteiger partial charge in [-0.2, -0.15) is 0 Å². The molecule has 5 heteroatoms. The van der Waals surface area contributed by atoms with Crippen LogP contribution in [0.2, 0.25) is 0 Å². The van der Waals surface area contributed by atoms with Gasteiger partial charge in [0.15, 0.2) is 5.96 Å². The number of nitrogens with two attached hydrogens (primary N) is 1. The van der Waals surface area contributed by atoms with Crippen molar-refractivity contribution in [3.8, 4) is 0 Å². The molecule has 0 aliphatic rings. The van der Waals surface area contributed by atoms with Crippen molar-refractivity contribution < 1.29 is 4.79 Å². The van der Waals surface area contributed by atoms with Gasteiger partial charge in [0, 0.05) is 6.08 Å². The van der Waals surface area contributed by atoms with Crippen molar-refractivity contribution >= 4 is 30.3 Å². The maximum Gasteiger partial charge on any atom is 0.250 e. The fraction of sp³-hybridized carbons (Fsp3) is 0. The van der Waals surface area contributed by atoms with E-state index in [9.17, 15) is 4.79 Å². The first-order chi connectivity index (χ1) is 6.68. The first-order valence-electron chi connectivity index (χ1n) is 4.06. The van der Waals surface area contributed by atoms with E-state index in [0.717, 1.165) is 5.56 Å². The molecule has 4 N–H and O–H groups in total. The molecule has 0 aliphatic heterocycles. The van der Waals surface area contributed by atoms with Crippen LogP contribution in [0, 0.1) is 5.41 Å². The van der Waals surface area contributed by atoms with Gasteiger partial charge in [-0.15, -0.1) is 12.4 Å². The topological polar surface area (TPSA) is 79.0 Å². The molecule has 15 heavy (non-hydrogen) atoms. The van der Waals surface area contributed by atoms with Crippen LogP contribution in [-0.2, 0) is 4.79 Å². The third-order valence-corrected chi connectivity index (χ3v) is 1.48. The van der Waals surface area contributed by atoms with Gasteiger partial charge in [0.25, 0.3) is 5.91 Å². The van der Waals surface area contributed by atoms with Crippen LogP contribution in [0.3, 0.4) is 0 Å². The minimum Gasteiger partial charge on any atom is -0.370 e. The third kappa shape index (κ3) is 5.49. The molecule has 0 aromatic heterocycles. The van der Waals surface area contributed by atoms with E-state index >= 15 is 0 Å². The lowest BCUT2D eigenvalue weighted by atomic mass is 10.2. The Morgan fingerprint density at radius 1 is 1.33 bits per heavy atom. The monoisotopic (exact) mass is 225 g/mol. The number of hydrogen-bond donors (Lipinski definition) is 3. The smallest absolute Gasteiger partial charge is 0.250 e. The summed E-state index contributed by atoms with van der Waals surface area (Å²) in [5.41, 5.74) is 5.90. The highest BCUT2D eigenvalue weighted by Gasteiger charge is 1.94. The zero-order valence-electron chi connectivity index (χ0n) is 7.94. The second-order valence-corrected chi connectivity index (χ2v) is 2.65. The molecular weight excluding hydrogens is 214 g/mol. The highest BCUT2D eigenvalue weighted by atomic mass is 35.5. The number of guanidine groups is 1. The average molecular weight is 226 g/mol. The fourth-order valence-electron chi connectivity index (χ4n) is 0.910. The van der Waals surface area contributed by atoms with Crippen molar-refractivity contribution in [1.82, 2.24) is 5.32 Å². The molecular formula is C10H12ClN3O. The van der Waals surface area contributed by atoms with Gasteiger partial charge in [-0.05, 0) is 11.6 Å². The van der Waals surface area contributed by atoms with Gasteiger partial charge in [0.1, 0.15) is 0 Å². The van der Waals surface area contributed by atoms with Gasteiger partial charge in [-0.25, -0.2) is 0 Å². The highest BCUT2D eigenvalue weighted by molar-refractivity contribution is 6.02. The van der Waals surface area contributed by atoms with Gasteiger partial charge in [-0.1, -0.05) is 30.3 Å². The molecule has 1 aromatic carbocycles. The van der Waals surface area contributed by atoms with E-state index in [0.29, 0.717) is 0 Å². The van der Waals surface area contributed by atoms with E-state index in [1.165, 1.54) is 6.08 Å². The molecule has 0 heterocycles. The van der Waals surface area contributed by atoms with Crippen LogP contribution >= 0.6 is 12.4 Å². The summed E-state index contributed by atoms with van der Waals surface area (Å²) in [5.74, 6) is -0.755.